The molecule has 0 aliphatic carbocycles. The molecule has 1 unspecified atom stereocenters. The Balaban J connectivity index is 1.61. The summed E-state index contributed by atoms with van der Waals surface area (Å²) in [6, 6.07) is 12.8. The molecule has 12 heteroatoms. The largest absolute Gasteiger partial charge is 0.480 e. The van der Waals surface area contributed by atoms with Crippen molar-refractivity contribution >= 4 is 56.9 Å². The van der Waals surface area contributed by atoms with Gasteiger partial charge in [0.1, 0.15) is 6.04 Å². The summed E-state index contributed by atoms with van der Waals surface area (Å²) in [7, 11) is 1.49. The number of carboxylic acids is 1. The molecule has 0 spiro atoms. The first kappa shape index (κ1) is 30.1. The van der Waals surface area contributed by atoms with Gasteiger partial charge >= 0.3 is 12.1 Å². The van der Waals surface area contributed by atoms with Crippen LogP contribution >= 0.6 is 23.2 Å². The lowest BCUT2D eigenvalue weighted by Gasteiger charge is -2.19. The molecule has 220 valence electrons. The van der Waals surface area contributed by atoms with Gasteiger partial charge < -0.3 is 15.0 Å². The maximum absolute atomic E-state index is 13.6. The highest BCUT2D eigenvalue weighted by Gasteiger charge is 2.31. The number of nitrogens with one attached hydrogen (secondary N) is 1. The summed E-state index contributed by atoms with van der Waals surface area (Å²) < 4.78 is 41.9. The van der Waals surface area contributed by atoms with E-state index in [9.17, 15) is 32.7 Å². The molecule has 0 aliphatic rings. The number of aliphatic carboxylic acids is 1. The molecule has 0 saturated carbocycles. The predicted octanol–water partition coefficient (Wildman–Crippen LogP) is 6.81. The quantitative estimate of drug-likeness (QED) is 0.215. The third-order valence-electron chi connectivity index (χ3n) is 7.32. The molecular formula is C31H22Cl2F3N3O4. The lowest BCUT2D eigenvalue weighted by molar-refractivity contribution is -0.139. The van der Waals surface area contributed by atoms with Crippen molar-refractivity contribution in [1.29, 1.82) is 0 Å². The maximum Gasteiger partial charge on any atom is 0.416 e. The number of aryl methyl sites for hydroxylation is 2. The van der Waals surface area contributed by atoms with Crippen molar-refractivity contribution in [2.45, 2.75) is 25.6 Å². The van der Waals surface area contributed by atoms with E-state index in [1.54, 1.807) is 37.3 Å². The van der Waals surface area contributed by atoms with Crippen molar-refractivity contribution in [3.05, 3.63) is 110 Å². The van der Waals surface area contributed by atoms with Crippen LogP contribution in [0.2, 0.25) is 10.0 Å². The van der Waals surface area contributed by atoms with Crippen molar-refractivity contribution in [2.75, 3.05) is 0 Å². The Morgan fingerprint density at radius 2 is 1.72 bits per heavy atom. The van der Waals surface area contributed by atoms with Gasteiger partial charge in [-0.05, 0) is 60.0 Å². The average Bonchev–Trinajstić information content (AvgIpc) is 2.95. The van der Waals surface area contributed by atoms with Gasteiger partial charge in [-0.2, -0.15) is 13.2 Å². The Kier molecular flexibility index (Phi) is 7.93. The van der Waals surface area contributed by atoms with E-state index in [0.29, 0.717) is 33.1 Å². The minimum atomic E-state index is -4.57. The zero-order chi connectivity index (χ0) is 31.2. The fourth-order valence-electron chi connectivity index (χ4n) is 5.17. The van der Waals surface area contributed by atoms with E-state index in [2.05, 4.69) is 10.3 Å². The molecule has 5 aromatic rings. The van der Waals surface area contributed by atoms with Gasteiger partial charge in [0, 0.05) is 30.4 Å². The summed E-state index contributed by atoms with van der Waals surface area (Å²) >= 11 is 12.2. The molecule has 0 saturated heterocycles. The molecule has 0 aliphatic heterocycles. The van der Waals surface area contributed by atoms with Crippen LogP contribution in [0.15, 0.2) is 71.7 Å². The summed E-state index contributed by atoms with van der Waals surface area (Å²) in [5.74, 6) is -2.09. The van der Waals surface area contributed by atoms with Crippen LogP contribution in [0.5, 0.6) is 0 Å². The third kappa shape index (κ3) is 5.55. The van der Waals surface area contributed by atoms with E-state index in [0.717, 1.165) is 12.1 Å². The first-order valence-corrected chi connectivity index (χ1v) is 13.6. The number of alkyl halides is 3. The summed E-state index contributed by atoms with van der Waals surface area (Å²) in [6.45, 7) is 1.59. The van der Waals surface area contributed by atoms with Crippen LogP contribution in [-0.2, 0) is 24.4 Å². The fourth-order valence-corrected chi connectivity index (χ4v) is 5.74. The van der Waals surface area contributed by atoms with Gasteiger partial charge in [-0.1, -0.05) is 47.5 Å². The van der Waals surface area contributed by atoms with E-state index in [4.69, 9.17) is 23.2 Å². The first-order chi connectivity index (χ1) is 20.3. The summed E-state index contributed by atoms with van der Waals surface area (Å²) in [6.07, 6.45) is -3.25. The molecule has 7 nitrogen and oxygen atoms in total. The number of carbonyl (C=O) groups is 2. The Bertz CT molecular complexity index is 1990. The Morgan fingerprint density at radius 1 is 1.02 bits per heavy atom. The molecule has 0 bridgehead atoms. The van der Waals surface area contributed by atoms with Gasteiger partial charge in [0.25, 0.3) is 11.5 Å². The number of hydrogen-bond donors (Lipinski definition) is 2. The lowest BCUT2D eigenvalue weighted by atomic mass is 9.92. The Hall–Kier alpha value is -4.41. The predicted molar refractivity (Wildman–Crippen MR) is 159 cm³/mol. The number of amides is 1. The van der Waals surface area contributed by atoms with E-state index in [1.807, 2.05) is 0 Å². The highest BCUT2D eigenvalue weighted by Crippen LogP contribution is 2.36. The van der Waals surface area contributed by atoms with Crippen LogP contribution < -0.4 is 10.9 Å². The number of hydrogen-bond acceptors (Lipinski definition) is 4. The fraction of sp³-hybridized carbons (Fsp3) is 0.161. The Labute approximate surface area is 252 Å². The third-order valence-corrected chi connectivity index (χ3v) is 7.95. The molecule has 2 aromatic heterocycles. The number of halogens is 5. The van der Waals surface area contributed by atoms with E-state index >= 15 is 0 Å². The summed E-state index contributed by atoms with van der Waals surface area (Å²) in [5, 5.41) is 13.2. The summed E-state index contributed by atoms with van der Waals surface area (Å²) in [5.41, 5.74) is 0.801. The number of carbonyl (C=O) groups excluding carboxylic acids is 1. The topological polar surface area (TPSA) is 101 Å². The molecule has 1 amide bonds. The minimum absolute atomic E-state index is 0.0558. The second-order valence-electron chi connectivity index (χ2n) is 9.93. The van der Waals surface area contributed by atoms with Crippen LogP contribution in [-0.4, -0.2) is 32.6 Å². The van der Waals surface area contributed by atoms with Crippen LogP contribution in [0.4, 0.5) is 13.2 Å². The van der Waals surface area contributed by atoms with E-state index in [1.165, 1.54) is 36.0 Å². The van der Waals surface area contributed by atoms with Gasteiger partial charge in [0.2, 0.25) is 0 Å². The van der Waals surface area contributed by atoms with Gasteiger partial charge in [0.15, 0.2) is 0 Å². The van der Waals surface area contributed by atoms with Crippen LogP contribution in [0.1, 0.15) is 27.0 Å². The number of pyridine rings is 2. The number of aromatic nitrogens is 2. The van der Waals surface area contributed by atoms with Gasteiger partial charge in [0.05, 0.1) is 37.8 Å². The highest BCUT2D eigenvalue weighted by atomic mass is 35.5. The van der Waals surface area contributed by atoms with Crippen molar-refractivity contribution in [3.8, 4) is 11.1 Å². The molecule has 1 atom stereocenters. The van der Waals surface area contributed by atoms with Gasteiger partial charge in [-0.3, -0.25) is 14.6 Å². The number of nitrogens with zero attached hydrogens (tertiary/aromatic N) is 2. The number of benzene rings is 3. The molecule has 0 fully saturated rings. The van der Waals surface area contributed by atoms with Crippen molar-refractivity contribution < 1.29 is 27.9 Å². The zero-order valence-corrected chi connectivity index (χ0v) is 24.1. The number of rotatable bonds is 6. The normalized spacial score (nSPS) is 12.4. The second kappa shape index (κ2) is 11.3. The van der Waals surface area contributed by atoms with Crippen LogP contribution in [0, 0.1) is 6.92 Å². The smallest absolute Gasteiger partial charge is 0.416 e. The van der Waals surface area contributed by atoms with Gasteiger partial charge in [-0.25, -0.2) is 4.79 Å². The van der Waals surface area contributed by atoms with Crippen molar-refractivity contribution in [2.24, 2.45) is 7.05 Å². The SMILES string of the molecule is Cc1c(-c2ccc(CC(NC(=O)c3c(Cl)cccc3Cl)C(=O)O)c3ncccc23)c(=O)n(C)c2ccc(C(F)(F)F)cc12. The summed E-state index contributed by atoms with van der Waals surface area (Å²) in [4.78, 5) is 43.1. The molecule has 0 radical (unpaired) electrons. The highest BCUT2D eigenvalue weighted by molar-refractivity contribution is 6.39. The number of carboxylic acid groups (broad SMARTS) is 1. The number of fused-ring (bicyclic) bond motifs is 2. The molecule has 3 aromatic carbocycles. The minimum Gasteiger partial charge on any atom is -0.480 e. The van der Waals surface area contributed by atoms with E-state index < -0.39 is 35.2 Å². The molecule has 2 heterocycles. The molecular weight excluding hydrogens is 606 g/mol. The second-order valence-corrected chi connectivity index (χ2v) is 10.7. The van der Waals surface area contributed by atoms with E-state index in [-0.39, 0.29) is 33.0 Å². The Morgan fingerprint density at radius 3 is 2.37 bits per heavy atom. The zero-order valence-electron chi connectivity index (χ0n) is 22.6. The first-order valence-electron chi connectivity index (χ1n) is 12.8. The molecule has 5 rings (SSSR count). The maximum atomic E-state index is 13.6. The van der Waals surface area contributed by atoms with Crippen LogP contribution in [0.3, 0.4) is 0 Å². The monoisotopic (exact) mass is 627 g/mol. The van der Waals surface area contributed by atoms with Crippen molar-refractivity contribution in [1.82, 2.24) is 14.9 Å². The average molecular weight is 628 g/mol. The standard InChI is InChI=1S/C31H22Cl2F3N3O4/c1-15-20-14-17(31(34,35)36)9-11-24(20)39(2)29(41)25(15)18-10-8-16(27-19(18)5-4-12-37-27)13-23(30(42)43)38-28(40)26-21(32)6-3-7-22(26)33/h3-12,14,23H,13H2,1-2H3,(H,38,40)(H,42,43). The molecule has 2 N–H and O–H groups in total. The van der Waals surface area contributed by atoms with Gasteiger partial charge in [-0.15, -0.1) is 0 Å². The lowest BCUT2D eigenvalue weighted by Crippen LogP contribution is -2.42. The van der Waals surface area contributed by atoms with Crippen molar-refractivity contribution in [3.63, 3.8) is 0 Å². The molecule has 43 heavy (non-hydrogen) atoms. The van der Waals surface area contributed by atoms with Crippen LogP contribution in [0.25, 0.3) is 32.9 Å².